The molecular weight excluding hydrogens is 392 g/mol. The third-order valence-corrected chi connectivity index (χ3v) is 5.14. The van der Waals surface area contributed by atoms with E-state index in [1.54, 1.807) is 26.0 Å². The van der Waals surface area contributed by atoms with E-state index in [0.29, 0.717) is 31.2 Å². The standard InChI is InChI=1S/C24H32N4O3/c1-17-5-8-20(22(13-17)31-21-11-12-30-16-21)15-27-24(25-2)26-14-18-6-9-19(10-7-18)23(29)28(3)4/h5-10,13,21H,11-12,14-16H2,1-4H3,(H2,25,26,27). The van der Waals surface area contributed by atoms with Crippen LogP contribution in [0.3, 0.4) is 0 Å². The Labute approximate surface area is 184 Å². The second kappa shape index (κ2) is 10.8. The molecule has 1 atom stereocenters. The zero-order valence-corrected chi connectivity index (χ0v) is 18.8. The number of hydrogen-bond acceptors (Lipinski definition) is 4. The van der Waals surface area contributed by atoms with E-state index < -0.39 is 0 Å². The molecule has 1 amide bonds. The molecule has 0 saturated carbocycles. The van der Waals surface area contributed by atoms with Crippen LogP contribution in [0.15, 0.2) is 47.5 Å². The molecule has 1 heterocycles. The third kappa shape index (κ3) is 6.46. The summed E-state index contributed by atoms with van der Waals surface area (Å²) in [6.07, 6.45) is 1.03. The van der Waals surface area contributed by atoms with Gasteiger partial charge < -0.3 is 25.0 Å². The number of rotatable bonds is 7. The number of carbonyl (C=O) groups is 1. The third-order valence-electron chi connectivity index (χ3n) is 5.14. The molecule has 2 aromatic carbocycles. The molecule has 0 aliphatic carbocycles. The first-order valence-electron chi connectivity index (χ1n) is 10.6. The quantitative estimate of drug-likeness (QED) is 0.528. The van der Waals surface area contributed by atoms with Crippen molar-refractivity contribution in [1.82, 2.24) is 15.5 Å². The Morgan fingerprint density at radius 2 is 1.90 bits per heavy atom. The van der Waals surface area contributed by atoms with Crippen LogP contribution in [0.4, 0.5) is 0 Å². The average Bonchev–Trinajstić information content (AvgIpc) is 3.28. The fraction of sp³-hybridized carbons (Fsp3) is 0.417. The van der Waals surface area contributed by atoms with Gasteiger partial charge in [-0.05, 0) is 36.2 Å². The van der Waals surface area contributed by atoms with Gasteiger partial charge in [-0.1, -0.05) is 24.3 Å². The van der Waals surface area contributed by atoms with Crippen molar-refractivity contribution < 1.29 is 14.3 Å². The molecule has 1 aliphatic rings. The van der Waals surface area contributed by atoms with Crippen molar-refractivity contribution in [3.8, 4) is 5.75 Å². The molecule has 0 spiro atoms. The highest BCUT2D eigenvalue weighted by molar-refractivity contribution is 5.93. The SMILES string of the molecule is CN=C(NCc1ccc(C(=O)N(C)C)cc1)NCc1ccc(C)cc1OC1CCOC1. The molecule has 1 fully saturated rings. The Morgan fingerprint density at radius 3 is 2.55 bits per heavy atom. The van der Waals surface area contributed by atoms with Gasteiger partial charge in [0.1, 0.15) is 11.9 Å². The second-order valence-electron chi connectivity index (χ2n) is 7.89. The van der Waals surface area contributed by atoms with Gasteiger partial charge in [0.05, 0.1) is 13.2 Å². The van der Waals surface area contributed by atoms with Crippen molar-refractivity contribution in [2.45, 2.75) is 32.5 Å². The van der Waals surface area contributed by atoms with E-state index in [9.17, 15) is 4.79 Å². The first-order chi connectivity index (χ1) is 15.0. The Balaban J connectivity index is 1.55. The largest absolute Gasteiger partial charge is 0.488 e. The van der Waals surface area contributed by atoms with Crippen molar-refractivity contribution in [2.24, 2.45) is 4.99 Å². The van der Waals surface area contributed by atoms with Gasteiger partial charge in [0.2, 0.25) is 0 Å². The Kier molecular flexibility index (Phi) is 7.89. The molecule has 2 N–H and O–H groups in total. The van der Waals surface area contributed by atoms with Crippen LogP contribution < -0.4 is 15.4 Å². The number of guanidine groups is 1. The Hall–Kier alpha value is -3.06. The summed E-state index contributed by atoms with van der Waals surface area (Å²) in [5.74, 6) is 1.58. The van der Waals surface area contributed by atoms with Gasteiger partial charge in [0.25, 0.3) is 5.91 Å². The van der Waals surface area contributed by atoms with E-state index in [4.69, 9.17) is 9.47 Å². The predicted molar refractivity (Wildman–Crippen MR) is 123 cm³/mol. The lowest BCUT2D eigenvalue weighted by Gasteiger charge is -2.18. The highest BCUT2D eigenvalue weighted by Crippen LogP contribution is 2.23. The Morgan fingerprint density at radius 1 is 1.16 bits per heavy atom. The maximum absolute atomic E-state index is 12.0. The molecule has 2 aromatic rings. The molecule has 31 heavy (non-hydrogen) atoms. The second-order valence-corrected chi connectivity index (χ2v) is 7.89. The highest BCUT2D eigenvalue weighted by Gasteiger charge is 2.18. The average molecular weight is 425 g/mol. The number of ether oxygens (including phenoxy) is 2. The van der Waals surface area contributed by atoms with Gasteiger partial charge in [-0.25, -0.2) is 0 Å². The molecule has 7 nitrogen and oxygen atoms in total. The van der Waals surface area contributed by atoms with E-state index in [0.717, 1.165) is 35.5 Å². The molecule has 1 saturated heterocycles. The monoisotopic (exact) mass is 424 g/mol. The van der Waals surface area contributed by atoms with Crippen molar-refractivity contribution in [2.75, 3.05) is 34.4 Å². The molecule has 3 rings (SSSR count). The van der Waals surface area contributed by atoms with Gasteiger partial charge in [0, 0.05) is 51.8 Å². The molecule has 7 heteroatoms. The molecule has 1 unspecified atom stereocenters. The number of carbonyl (C=O) groups excluding carboxylic acids is 1. The summed E-state index contributed by atoms with van der Waals surface area (Å²) < 4.78 is 11.6. The minimum absolute atomic E-state index is 0.00253. The number of nitrogens with one attached hydrogen (secondary N) is 2. The lowest BCUT2D eigenvalue weighted by atomic mass is 10.1. The fourth-order valence-corrected chi connectivity index (χ4v) is 3.31. The number of benzene rings is 2. The molecule has 0 radical (unpaired) electrons. The summed E-state index contributed by atoms with van der Waals surface area (Å²) in [6.45, 7) is 4.66. The number of nitrogens with zero attached hydrogens (tertiary/aromatic N) is 2. The molecule has 0 bridgehead atoms. The highest BCUT2D eigenvalue weighted by atomic mass is 16.5. The van der Waals surface area contributed by atoms with Gasteiger partial charge in [-0.15, -0.1) is 0 Å². The summed E-state index contributed by atoms with van der Waals surface area (Å²) in [6, 6.07) is 13.8. The lowest BCUT2D eigenvalue weighted by molar-refractivity contribution is 0.0827. The van der Waals surface area contributed by atoms with E-state index in [1.165, 1.54) is 0 Å². The topological polar surface area (TPSA) is 75.2 Å². The maximum atomic E-state index is 12.0. The number of hydrogen-bond donors (Lipinski definition) is 2. The lowest BCUT2D eigenvalue weighted by Crippen LogP contribution is -2.36. The van der Waals surface area contributed by atoms with E-state index in [-0.39, 0.29) is 12.0 Å². The normalized spacial score (nSPS) is 16.1. The van der Waals surface area contributed by atoms with Crippen molar-refractivity contribution in [1.29, 1.82) is 0 Å². The minimum atomic E-state index is -0.00253. The van der Waals surface area contributed by atoms with Gasteiger partial charge >= 0.3 is 0 Å². The van der Waals surface area contributed by atoms with Gasteiger partial charge in [-0.3, -0.25) is 9.79 Å². The zero-order valence-electron chi connectivity index (χ0n) is 18.8. The van der Waals surface area contributed by atoms with E-state index in [2.05, 4.69) is 40.7 Å². The van der Waals surface area contributed by atoms with Crippen LogP contribution in [-0.2, 0) is 17.8 Å². The minimum Gasteiger partial charge on any atom is -0.488 e. The van der Waals surface area contributed by atoms with Crippen molar-refractivity contribution >= 4 is 11.9 Å². The van der Waals surface area contributed by atoms with Crippen molar-refractivity contribution in [3.63, 3.8) is 0 Å². The molecular formula is C24H32N4O3. The summed E-state index contributed by atoms with van der Waals surface area (Å²) in [4.78, 5) is 17.9. The first-order valence-corrected chi connectivity index (χ1v) is 10.6. The zero-order chi connectivity index (χ0) is 22.2. The van der Waals surface area contributed by atoms with Gasteiger partial charge in [0.15, 0.2) is 5.96 Å². The van der Waals surface area contributed by atoms with Crippen LogP contribution in [0.2, 0.25) is 0 Å². The first kappa shape index (κ1) is 22.6. The fourth-order valence-electron chi connectivity index (χ4n) is 3.31. The van der Waals surface area contributed by atoms with Gasteiger partial charge in [-0.2, -0.15) is 0 Å². The molecule has 0 aromatic heterocycles. The number of aliphatic imine (C=N–C) groups is 1. The number of amides is 1. The van der Waals surface area contributed by atoms with E-state index >= 15 is 0 Å². The predicted octanol–water partition coefficient (Wildman–Crippen LogP) is 2.73. The summed E-state index contributed by atoms with van der Waals surface area (Å²) in [7, 11) is 5.25. The summed E-state index contributed by atoms with van der Waals surface area (Å²) in [5, 5.41) is 6.67. The molecule has 166 valence electrons. The Bertz CT molecular complexity index is 904. The van der Waals surface area contributed by atoms with Crippen LogP contribution in [0, 0.1) is 6.92 Å². The van der Waals surface area contributed by atoms with Crippen molar-refractivity contribution in [3.05, 3.63) is 64.7 Å². The van der Waals surface area contributed by atoms with Crippen LogP contribution in [-0.4, -0.2) is 57.2 Å². The van der Waals surface area contributed by atoms with Crippen LogP contribution in [0.5, 0.6) is 5.75 Å². The van der Waals surface area contributed by atoms with Crippen LogP contribution >= 0.6 is 0 Å². The van der Waals surface area contributed by atoms with Crippen LogP contribution in [0.25, 0.3) is 0 Å². The van der Waals surface area contributed by atoms with Crippen LogP contribution in [0.1, 0.15) is 33.5 Å². The number of aryl methyl sites for hydroxylation is 1. The van der Waals surface area contributed by atoms with E-state index in [1.807, 2.05) is 24.3 Å². The smallest absolute Gasteiger partial charge is 0.253 e. The summed E-state index contributed by atoms with van der Waals surface area (Å²) in [5.41, 5.74) is 3.98. The maximum Gasteiger partial charge on any atom is 0.253 e. The molecule has 1 aliphatic heterocycles. The summed E-state index contributed by atoms with van der Waals surface area (Å²) >= 11 is 0.